The lowest BCUT2D eigenvalue weighted by atomic mass is 9.95. The van der Waals surface area contributed by atoms with Gasteiger partial charge in [0.1, 0.15) is 5.75 Å². The van der Waals surface area contributed by atoms with Crippen molar-refractivity contribution in [3.8, 4) is 5.75 Å². The molecule has 0 unspecified atom stereocenters. The summed E-state index contributed by atoms with van der Waals surface area (Å²) in [5, 5.41) is 18.9. The van der Waals surface area contributed by atoms with Gasteiger partial charge >= 0.3 is 0 Å². The van der Waals surface area contributed by atoms with Crippen LogP contribution in [0.1, 0.15) is 23.1 Å². The van der Waals surface area contributed by atoms with E-state index in [2.05, 4.69) is 0 Å². The average Bonchev–Trinajstić information content (AvgIpc) is 2.38. The summed E-state index contributed by atoms with van der Waals surface area (Å²) in [5.41, 5.74) is 3.07. The predicted octanol–water partition coefficient (Wildman–Crippen LogP) is 2.50. The lowest BCUT2D eigenvalue weighted by molar-refractivity contribution is 0.144. The molecule has 4 heteroatoms. The predicted molar refractivity (Wildman–Crippen MR) is 73.5 cm³/mol. The number of aliphatic hydroxyl groups is 2. The standard InChI is InChI=1S/C14H21ClO3/c1-9-6-13(18-3)12(10(2)14(9)15)5-4-11(7-16)8-17/h6,11,16-17H,4-5,7-8H2,1-3H3. The van der Waals surface area contributed by atoms with Gasteiger partial charge in [-0.05, 0) is 49.4 Å². The molecule has 0 fully saturated rings. The van der Waals surface area contributed by atoms with Crippen molar-refractivity contribution >= 4 is 11.6 Å². The van der Waals surface area contributed by atoms with Gasteiger partial charge in [-0.3, -0.25) is 0 Å². The number of hydrogen-bond acceptors (Lipinski definition) is 3. The third kappa shape index (κ3) is 3.37. The van der Waals surface area contributed by atoms with Crippen LogP contribution in [0.2, 0.25) is 5.02 Å². The van der Waals surface area contributed by atoms with Crippen LogP contribution in [0.4, 0.5) is 0 Å². The second-order valence-electron chi connectivity index (χ2n) is 4.58. The monoisotopic (exact) mass is 272 g/mol. The Morgan fingerprint density at radius 3 is 2.39 bits per heavy atom. The van der Waals surface area contributed by atoms with Gasteiger partial charge in [0.25, 0.3) is 0 Å². The molecule has 0 atom stereocenters. The number of hydrogen-bond donors (Lipinski definition) is 2. The maximum atomic E-state index is 9.08. The molecule has 102 valence electrons. The molecule has 0 aliphatic carbocycles. The summed E-state index contributed by atoms with van der Waals surface area (Å²) in [6.07, 6.45) is 1.45. The van der Waals surface area contributed by atoms with Crippen molar-refractivity contribution in [2.24, 2.45) is 5.92 Å². The first-order chi connectivity index (χ1) is 8.54. The quantitative estimate of drug-likeness (QED) is 0.837. The SMILES string of the molecule is COc1cc(C)c(Cl)c(C)c1CCC(CO)CO. The summed E-state index contributed by atoms with van der Waals surface area (Å²) in [5.74, 6) is 0.734. The van der Waals surface area contributed by atoms with Gasteiger partial charge in [-0.1, -0.05) is 11.6 Å². The van der Waals surface area contributed by atoms with Gasteiger partial charge in [0.05, 0.1) is 7.11 Å². The molecule has 3 nitrogen and oxygen atoms in total. The van der Waals surface area contributed by atoms with Gasteiger partial charge in [-0.25, -0.2) is 0 Å². The molecule has 1 rings (SSSR count). The Morgan fingerprint density at radius 1 is 1.28 bits per heavy atom. The lowest BCUT2D eigenvalue weighted by Crippen LogP contribution is -2.12. The van der Waals surface area contributed by atoms with Crippen LogP contribution < -0.4 is 4.74 Å². The highest BCUT2D eigenvalue weighted by atomic mass is 35.5. The highest BCUT2D eigenvalue weighted by Gasteiger charge is 2.14. The number of benzene rings is 1. The summed E-state index contributed by atoms with van der Waals surface area (Å²) in [6, 6.07) is 1.93. The highest BCUT2D eigenvalue weighted by molar-refractivity contribution is 6.32. The Bertz CT molecular complexity index is 401. The van der Waals surface area contributed by atoms with Crippen LogP contribution in [-0.2, 0) is 6.42 Å². The maximum absolute atomic E-state index is 9.08. The van der Waals surface area contributed by atoms with E-state index >= 15 is 0 Å². The topological polar surface area (TPSA) is 49.7 Å². The zero-order valence-corrected chi connectivity index (χ0v) is 11.9. The van der Waals surface area contributed by atoms with E-state index < -0.39 is 0 Å². The zero-order valence-electron chi connectivity index (χ0n) is 11.2. The van der Waals surface area contributed by atoms with E-state index in [-0.39, 0.29) is 19.1 Å². The Hall–Kier alpha value is -0.770. The number of rotatable bonds is 6. The van der Waals surface area contributed by atoms with Crippen molar-refractivity contribution in [2.45, 2.75) is 26.7 Å². The van der Waals surface area contributed by atoms with Crippen LogP contribution in [0.3, 0.4) is 0 Å². The molecule has 0 radical (unpaired) electrons. The minimum atomic E-state index is -0.0887. The molecular weight excluding hydrogens is 252 g/mol. The van der Waals surface area contributed by atoms with Crippen molar-refractivity contribution in [3.05, 3.63) is 27.8 Å². The fourth-order valence-corrected chi connectivity index (χ4v) is 2.21. The van der Waals surface area contributed by atoms with Gasteiger partial charge in [0.2, 0.25) is 0 Å². The van der Waals surface area contributed by atoms with Crippen LogP contribution >= 0.6 is 11.6 Å². The smallest absolute Gasteiger partial charge is 0.122 e. The van der Waals surface area contributed by atoms with Crippen molar-refractivity contribution < 1.29 is 14.9 Å². The molecule has 0 heterocycles. The summed E-state index contributed by atoms with van der Waals surface area (Å²) >= 11 is 6.24. The van der Waals surface area contributed by atoms with E-state index in [0.717, 1.165) is 33.9 Å². The van der Waals surface area contributed by atoms with Gasteiger partial charge < -0.3 is 14.9 Å². The van der Waals surface area contributed by atoms with Gasteiger partial charge in [-0.15, -0.1) is 0 Å². The molecule has 0 saturated carbocycles. The number of halogens is 1. The molecule has 0 aliphatic heterocycles. The minimum Gasteiger partial charge on any atom is -0.496 e. The maximum Gasteiger partial charge on any atom is 0.122 e. The highest BCUT2D eigenvalue weighted by Crippen LogP contribution is 2.32. The van der Waals surface area contributed by atoms with E-state index in [1.807, 2.05) is 19.9 Å². The van der Waals surface area contributed by atoms with Crippen LogP contribution in [0.15, 0.2) is 6.07 Å². The summed E-state index contributed by atoms with van der Waals surface area (Å²) in [4.78, 5) is 0. The van der Waals surface area contributed by atoms with Crippen LogP contribution in [-0.4, -0.2) is 30.5 Å². The van der Waals surface area contributed by atoms with E-state index in [4.69, 9.17) is 26.6 Å². The number of aliphatic hydroxyl groups excluding tert-OH is 2. The molecule has 0 bridgehead atoms. The molecule has 18 heavy (non-hydrogen) atoms. The Balaban J connectivity index is 2.96. The minimum absolute atomic E-state index is 0.00252. The number of ether oxygens (including phenoxy) is 1. The number of methoxy groups -OCH3 is 1. The number of aryl methyl sites for hydroxylation is 1. The van der Waals surface area contributed by atoms with Crippen LogP contribution in [0.25, 0.3) is 0 Å². The fourth-order valence-electron chi connectivity index (χ4n) is 2.04. The molecule has 1 aromatic carbocycles. The summed E-state index contributed by atoms with van der Waals surface area (Å²) in [7, 11) is 1.64. The average molecular weight is 273 g/mol. The zero-order chi connectivity index (χ0) is 13.7. The first kappa shape index (κ1) is 15.3. The third-order valence-electron chi connectivity index (χ3n) is 3.31. The summed E-state index contributed by atoms with van der Waals surface area (Å²) < 4.78 is 5.38. The van der Waals surface area contributed by atoms with E-state index in [0.29, 0.717) is 6.42 Å². The van der Waals surface area contributed by atoms with E-state index in [9.17, 15) is 0 Å². The van der Waals surface area contributed by atoms with E-state index in [1.165, 1.54) is 0 Å². The van der Waals surface area contributed by atoms with Crippen molar-refractivity contribution in [2.75, 3.05) is 20.3 Å². The Labute approximate surface area is 113 Å². The third-order valence-corrected chi connectivity index (χ3v) is 3.89. The van der Waals surface area contributed by atoms with Crippen molar-refractivity contribution in [3.63, 3.8) is 0 Å². The Kier molecular flexibility index (Phi) is 5.93. The van der Waals surface area contributed by atoms with Crippen LogP contribution in [0, 0.1) is 19.8 Å². The largest absolute Gasteiger partial charge is 0.496 e. The van der Waals surface area contributed by atoms with Crippen molar-refractivity contribution in [1.82, 2.24) is 0 Å². The molecular formula is C14H21ClO3. The molecule has 0 amide bonds. The molecule has 0 saturated heterocycles. The second kappa shape index (κ2) is 6.98. The van der Waals surface area contributed by atoms with Gasteiger partial charge in [0, 0.05) is 24.2 Å². The fraction of sp³-hybridized carbons (Fsp3) is 0.571. The van der Waals surface area contributed by atoms with Gasteiger partial charge in [-0.2, -0.15) is 0 Å². The normalized spacial score (nSPS) is 11.1. The summed E-state index contributed by atoms with van der Waals surface area (Å²) in [6.45, 7) is 3.92. The molecule has 0 spiro atoms. The first-order valence-corrected chi connectivity index (χ1v) is 6.47. The van der Waals surface area contributed by atoms with Crippen LogP contribution in [0.5, 0.6) is 5.75 Å². The first-order valence-electron chi connectivity index (χ1n) is 6.09. The lowest BCUT2D eigenvalue weighted by Gasteiger charge is -2.17. The molecule has 1 aromatic rings. The van der Waals surface area contributed by atoms with E-state index in [1.54, 1.807) is 7.11 Å². The van der Waals surface area contributed by atoms with Gasteiger partial charge in [0.15, 0.2) is 0 Å². The van der Waals surface area contributed by atoms with Crippen molar-refractivity contribution in [1.29, 1.82) is 0 Å². The molecule has 2 N–H and O–H groups in total. The molecule has 0 aromatic heterocycles. The molecule has 0 aliphatic rings. The Morgan fingerprint density at radius 2 is 1.89 bits per heavy atom. The second-order valence-corrected chi connectivity index (χ2v) is 4.96.